The van der Waals surface area contributed by atoms with Gasteiger partial charge in [0.05, 0.1) is 11.4 Å². The van der Waals surface area contributed by atoms with Gasteiger partial charge in [-0.05, 0) is 189 Å². The number of nitrogens with zero attached hydrogens (tertiary/aromatic N) is 2. The highest BCUT2D eigenvalue weighted by Gasteiger charge is 2.54. The Labute approximate surface area is 487 Å². The van der Waals surface area contributed by atoms with Gasteiger partial charge < -0.3 is 9.80 Å². The second kappa shape index (κ2) is 21.6. The van der Waals surface area contributed by atoms with E-state index in [0.717, 1.165) is 12.8 Å². The summed E-state index contributed by atoms with van der Waals surface area (Å²) in [6.07, 6.45) is 25.4. The van der Waals surface area contributed by atoms with Crippen LogP contribution in [0.25, 0.3) is 33.4 Å². The van der Waals surface area contributed by atoms with Gasteiger partial charge in [0, 0.05) is 39.3 Å². The molecule has 0 saturated heterocycles. The molecule has 81 heavy (non-hydrogen) atoms. The van der Waals surface area contributed by atoms with Gasteiger partial charge in [0.25, 0.3) is 0 Å². The first kappa shape index (κ1) is 53.7. The fraction of sp³-hybridized carbons (Fsp3) is 0.392. The van der Waals surface area contributed by atoms with Crippen LogP contribution in [-0.2, 0) is 27.1 Å². The highest BCUT2D eigenvalue weighted by molar-refractivity contribution is 5.93. The van der Waals surface area contributed by atoms with Gasteiger partial charge in [0.1, 0.15) is 0 Å². The van der Waals surface area contributed by atoms with Crippen LogP contribution < -0.4 is 9.80 Å². The van der Waals surface area contributed by atoms with E-state index in [9.17, 15) is 0 Å². The fourth-order valence-corrected chi connectivity index (χ4v) is 17.2. The first-order valence-corrected chi connectivity index (χ1v) is 32.0. The predicted octanol–water partition coefficient (Wildman–Crippen LogP) is 23.2. The van der Waals surface area contributed by atoms with E-state index in [1.807, 2.05) is 0 Å². The largest absolute Gasteiger partial charge is 0.310 e. The molecule has 5 aliphatic carbocycles. The van der Waals surface area contributed by atoms with Crippen molar-refractivity contribution in [3.63, 3.8) is 0 Å². The highest BCUT2D eigenvalue weighted by atomic mass is 15.2. The molecule has 0 aromatic heterocycles. The Balaban J connectivity index is 0.962. The van der Waals surface area contributed by atoms with Gasteiger partial charge in [-0.1, -0.05) is 240 Å². The maximum Gasteiger partial charge on any atom is 0.0540 e. The minimum atomic E-state index is -0.161. The molecule has 414 valence electrons. The van der Waals surface area contributed by atoms with Crippen LogP contribution in [0, 0.1) is 0 Å². The molecule has 4 atom stereocenters. The molecule has 8 aromatic rings. The third-order valence-electron chi connectivity index (χ3n) is 21.4. The van der Waals surface area contributed by atoms with E-state index in [2.05, 4.69) is 233 Å². The van der Waals surface area contributed by atoms with E-state index in [-0.39, 0.29) is 16.2 Å². The molecule has 2 saturated carbocycles. The van der Waals surface area contributed by atoms with E-state index in [0.29, 0.717) is 10.8 Å². The zero-order valence-corrected chi connectivity index (χ0v) is 49.9. The average Bonchev–Trinajstić information content (AvgIpc) is 3.02. The smallest absolute Gasteiger partial charge is 0.0540 e. The summed E-state index contributed by atoms with van der Waals surface area (Å²) >= 11 is 0. The maximum atomic E-state index is 2.67. The number of benzene rings is 8. The zero-order chi connectivity index (χ0) is 55.4. The fourth-order valence-electron chi connectivity index (χ4n) is 17.2. The molecule has 0 spiro atoms. The number of rotatable bonds is 22. The van der Waals surface area contributed by atoms with Crippen molar-refractivity contribution in [1.29, 1.82) is 0 Å². The summed E-state index contributed by atoms with van der Waals surface area (Å²) in [6, 6.07) is 71.3. The normalized spacial score (nSPS) is 22.1. The summed E-state index contributed by atoms with van der Waals surface area (Å²) in [5.74, 6) is 0. The molecule has 5 aliphatic rings. The van der Waals surface area contributed by atoms with Gasteiger partial charge in [0.2, 0.25) is 0 Å². The third-order valence-corrected chi connectivity index (χ3v) is 21.4. The van der Waals surface area contributed by atoms with Gasteiger partial charge in [0.15, 0.2) is 0 Å². The molecule has 2 heteroatoms. The van der Waals surface area contributed by atoms with Crippen LogP contribution in [0.3, 0.4) is 0 Å². The van der Waals surface area contributed by atoms with Crippen molar-refractivity contribution < 1.29 is 0 Å². The van der Waals surface area contributed by atoms with Crippen molar-refractivity contribution in [3.05, 3.63) is 215 Å². The van der Waals surface area contributed by atoms with Crippen molar-refractivity contribution in [1.82, 2.24) is 0 Å². The summed E-state index contributed by atoms with van der Waals surface area (Å²) in [5.41, 5.74) is 25.6. The first-order chi connectivity index (χ1) is 39.5. The Morgan fingerprint density at radius 3 is 1.10 bits per heavy atom. The van der Waals surface area contributed by atoms with Gasteiger partial charge in [-0.3, -0.25) is 0 Å². The molecule has 0 amide bonds. The molecule has 4 unspecified atom stereocenters. The maximum absolute atomic E-state index is 2.67. The Hall–Kier alpha value is -6.64. The lowest BCUT2D eigenvalue weighted by molar-refractivity contribution is 0.398. The van der Waals surface area contributed by atoms with Crippen LogP contribution in [0.2, 0.25) is 0 Å². The van der Waals surface area contributed by atoms with Crippen LogP contribution >= 0.6 is 0 Å². The van der Waals surface area contributed by atoms with E-state index >= 15 is 0 Å². The zero-order valence-electron chi connectivity index (χ0n) is 49.9. The van der Waals surface area contributed by atoms with Gasteiger partial charge in [-0.2, -0.15) is 0 Å². The van der Waals surface area contributed by atoms with E-state index < -0.39 is 0 Å². The van der Waals surface area contributed by atoms with Gasteiger partial charge >= 0.3 is 0 Å². The minimum Gasteiger partial charge on any atom is -0.310 e. The quantitative estimate of drug-likeness (QED) is 0.0624. The molecule has 0 aliphatic heterocycles. The van der Waals surface area contributed by atoms with Crippen LogP contribution in [0.15, 0.2) is 182 Å². The molecule has 0 heterocycles. The number of anilines is 6. The summed E-state index contributed by atoms with van der Waals surface area (Å²) in [7, 11) is 0. The second-order valence-corrected chi connectivity index (χ2v) is 27.1. The summed E-state index contributed by atoms with van der Waals surface area (Å²) in [4.78, 5) is 5.18. The van der Waals surface area contributed by atoms with Crippen molar-refractivity contribution in [2.75, 3.05) is 9.80 Å². The van der Waals surface area contributed by atoms with Crippen molar-refractivity contribution in [2.24, 2.45) is 0 Å². The molecule has 4 bridgehead atoms. The van der Waals surface area contributed by atoms with Crippen molar-refractivity contribution in [2.45, 2.75) is 197 Å². The lowest BCUT2D eigenvalue weighted by Crippen LogP contribution is -2.26. The number of hydrogen-bond acceptors (Lipinski definition) is 2. The van der Waals surface area contributed by atoms with Crippen molar-refractivity contribution in [3.8, 4) is 33.4 Å². The Bertz CT molecular complexity index is 3340. The Morgan fingerprint density at radius 1 is 0.309 bits per heavy atom. The summed E-state index contributed by atoms with van der Waals surface area (Å²) in [6.45, 7) is 14.8. The van der Waals surface area contributed by atoms with Crippen molar-refractivity contribution >= 4 is 34.1 Å². The molecule has 0 radical (unpaired) electrons. The standard InChI is InChI=1S/C79H88N2/c1-7-9-11-13-15-27-45-79(46-28-16-14-12-10-8-2)69-53-61(80(59-29-19-17-20-30-59)73-35-25-23-33-63(73)57-37-43-67-71(51-57)77(5)49-47-75(67,3)55-77)39-41-65(69)66-42-40-62(54-70(66)79)81(60-31-21-18-22-32-60)74-36-26-24-34-64(74)58-38-44-68-72(52-58)78(6)50-48-76(68,4)56-78/h17-26,29-44,51-54H,7-16,27-28,45-50,55-56H2,1-6H3. The first-order valence-electron chi connectivity index (χ1n) is 32.0. The lowest BCUT2D eigenvalue weighted by atomic mass is 9.70. The van der Waals surface area contributed by atoms with E-state index in [4.69, 9.17) is 0 Å². The lowest BCUT2D eigenvalue weighted by Gasteiger charge is -2.35. The number of para-hydroxylation sites is 4. The summed E-state index contributed by atoms with van der Waals surface area (Å²) in [5, 5.41) is 0. The SMILES string of the molecule is CCCCCCCCC1(CCCCCCCC)c2cc(N(c3ccccc3)c3ccccc3-c3ccc4c(c3)C3(C)CCC4(C)C3)ccc2-c2ccc(N(c3ccccc3)c3ccccc3-c3ccc4c(c3)C3(C)CCC4(C)C3)cc21. The number of hydrogen-bond donors (Lipinski definition) is 0. The molecular weight excluding hydrogens is 977 g/mol. The predicted molar refractivity (Wildman–Crippen MR) is 346 cm³/mol. The van der Waals surface area contributed by atoms with Crippen LogP contribution in [0.5, 0.6) is 0 Å². The molecular formula is C79H88N2. The van der Waals surface area contributed by atoms with Crippen LogP contribution in [0.1, 0.15) is 203 Å². The van der Waals surface area contributed by atoms with Gasteiger partial charge in [-0.15, -0.1) is 0 Å². The molecule has 2 nitrogen and oxygen atoms in total. The van der Waals surface area contributed by atoms with E-state index in [1.165, 1.54) is 194 Å². The van der Waals surface area contributed by atoms with Crippen LogP contribution in [0.4, 0.5) is 34.1 Å². The van der Waals surface area contributed by atoms with E-state index in [1.54, 1.807) is 22.3 Å². The van der Waals surface area contributed by atoms with Crippen LogP contribution in [-0.4, -0.2) is 0 Å². The minimum absolute atomic E-state index is 0.161. The number of unbranched alkanes of at least 4 members (excludes halogenated alkanes) is 10. The third kappa shape index (κ3) is 9.40. The molecule has 0 N–H and O–H groups in total. The highest BCUT2D eigenvalue weighted by Crippen LogP contribution is 2.63. The molecule has 2 fully saturated rings. The molecule has 13 rings (SSSR count). The monoisotopic (exact) mass is 1060 g/mol. The Morgan fingerprint density at radius 2 is 0.679 bits per heavy atom. The van der Waals surface area contributed by atoms with Gasteiger partial charge in [-0.25, -0.2) is 0 Å². The Kier molecular flexibility index (Phi) is 14.3. The topological polar surface area (TPSA) is 6.48 Å². The number of fused-ring (bicyclic) bond motifs is 13. The molecule has 8 aromatic carbocycles. The average molecular weight is 1070 g/mol. The second-order valence-electron chi connectivity index (χ2n) is 27.1. The summed E-state index contributed by atoms with van der Waals surface area (Å²) < 4.78 is 0.